The van der Waals surface area contributed by atoms with Gasteiger partial charge < -0.3 is 49.2 Å². The Balaban J connectivity index is 0.000000158. The van der Waals surface area contributed by atoms with Crippen LogP contribution in [-0.2, 0) is 26.4 Å². The SMILES string of the molecule is O=Cc1sc(-c2ccc(N(c3ccc(CO)cc3)c3ccc(CO)cc3)cc2)c2c1OCCO2.O=Cc1scc2c1OCCO2.OCc1ccc(N(c2ccc(Br)cc2)c2ccc(CO)cc2)cc1. The summed E-state index contributed by atoms with van der Waals surface area (Å²) in [6.45, 7) is 2.02. The molecule has 0 radical (unpaired) electrons. The number of aliphatic hydroxyl groups is 4. The summed E-state index contributed by atoms with van der Waals surface area (Å²) in [6.07, 6.45) is 1.60. The van der Waals surface area contributed by atoms with Crippen LogP contribution in [0.2, 0.25) is 0 Å². The number of fused-ring (bicyclic) bond motifs is 2. The molecule has 0 saturated heterocycles. The Morgan fingerprint density at radius 3 is 1.19 bits per heavy atom. The van der Waals surface area contributed by atoms with E-state index in [2.05, 4.69) is 25.7 Å². The molecule has 0 aliphatic carbocycles. The van der Waals surface area contributed by atoms with Gasteiger partial charge in [0.25, 0.3) is 0 Å². The summed E-state index contributed by atoms with van der Waals surface area (Å²) in [5, 5.41) is 39.1. The maximum atomic E-state index is 11.5. The van der Waals surface area contributed by atoms with Crippen molar-refractivity contribution < 1.29 is 49.0 Å². The fraction of sp³-hybridized carbons (Fsp3) is 0.148. The normalized spacial score (nSPS) is 12.1. The van der Waals surface area contributed by atoms with E-state index >= 15 is 0 Å². The predicted octanol–water partition coefficient (Wildman–Crippen LogP) is 11.7. The number of nitrogens with zero attached hydrogens (tertiary/aromatic N) is 2. The van der Waals surface area contributed by atoms with Gasteiger partial charge in [-0.05, 0) is 113 Å². The number of hydrogen-bond acceptors (Lipinski definition) is 14. The lowest BCUT2D eigenvalue weighted by molar-refractivity contribution is 0.110. The van der Waals surface area contributed by atoms with Crippen molar-refractivity contribution in [3.63, 3.8) is 0 Å². The number of rotatable bonds is 13. The third kappa shape index (κ3) is 11.6. The van der Waals surface area contributed by atoms with Crippen molar-refractivity contribution in [2.45, 2.75) is 26.4 Å². The van der Waals surface area contributed by atoms with Crippen molar-refractivity contribution in [1.82, 2.24) is 0 Å². The Kier molecular flexibility index (Phi) is 16.5. The minimum atomic E-state index is -0.0140. The molecule has 352 valence electrons. The number of halogens is 1. The Hall–Kier alpha value is -6.82. The lowest BCUT2D eigenvalue weighted by Crippen LogP contribution is -2.15. The minimum Gasteiger partial charge on any atom is -0.485 e. The minimum absolute atomic E-state index is 0.0140. The van der Waals surface area contributed by atoms with Crippen LogP contribution in [0.3, 0.4) is 0 Å². The second-order valence-corrected chi connectivity index (χ2v) is 18.2. The number of hydrogen-bond donors (Lipinski definition) is 4. The zero-order chi connectivity index (χ0) is 48.1. The summed E-state index contributed by atoms with van der Waals surface area (Å²) in [7, 11) is 0. The zero-order valence-electron chi connectivity index (χ0n) is 37.1. The second-order valence-electron chi connectivity index (χ2n) is 15.4. The van der Waals surface area contributed by atoms with Crippen molar-refractivity contribution in [3.8, 4) is 33.4 Å². The maximum Gasteiger partial charge on any atom is 0.183 e. The van der Waals surface area contributed by atoms with Gasteiger partial charge in [0, 0.05) is 44.0 Å². The second kappa shape index (κ2) is 23.5. The topological polar surface area (TPSA) is 158 Å². The molecule has 4 N–H and O–H groups in total. The molecule has 4 heterocycles. The number of aldehydes is 2. The van der Waals surface area contributed by atoms with Crippen LogP contribution in [0.5, 0.6) is 23.0 Å². The van der Waals surface area contributed by atoms with E-state index < -0.39 is 0 Å². The van der Waals surface area contributed by atoms with E-state index in [-0.39, 0.29) is 26.4 Å². The maximum absolute atomic E-state index is 11.5. The molecule has 0 unspecified atom stereocenters. The number of aliphatic hydroxyl groups excluding tert-OH is 4. The monoisotopic (exact) mass is 1030 g/mol. The van der Waals surface area contributed by atoms with E-state index in [1.165, 1.54) is 22.7 Å². The van der Waals surface area contributed by atoms with E-state index in [4.69, 9.17) is 18.9 Å². The highest BCUT2D eigenvalue weighted by Gasteiger charge is 2.25. The number of benzene rings is 6. The first-order chi connectivity index (χ1) is 33.8. The molecule has 69 heavy (non-hydrogen) atoms. The van der Waals surface area contributed by atoms with Gasteiger partial charge in [-0.2, -0.15) is 0 Å². The lowest BCUT2D eigenvalue weighted by atomic mass is 10.1. The average Bonchev–Trinajstić information content (AvgIpc) is 4.02. The predicted molar refractivity (Wildman–Crippen MR) is 274 cm³/mol. The largest absolute Gasteiger partial charge is 0.485 e. The standard InChI is InChI=1S/C27H23NO5S.C20H18BrNO2.C7H6O3S/c29-15-18-1-7-21(8-2-18)28(22-9-3-19(16-30)4-10-22)23-11-5-20(6-12-23)27-26-25(24(17-31)34-27)32-13-14-33-26;21-17-5-11-20(12-6-17)22(18-7-1-15(13-23)2-8-18)19-9-3-16(14-24)4-10-19;8-3-6-7-5(4-11-6)9-1-2-10-7/h1-12,17,29-30H,13-16H2;1-12,23-24H,13-14H2;3-4H,1-2H2. The molecule has 2 aliphatic heterocycles. The quantitative estimate of drug-likeness (QED) is 0.0811. The summed E-state index contributed by atoms with van der Waals surface area (Å²) in [6, 6.07) is 47.3. The molecular formula is C54H47BrN2O10S2. The van der Waals surface area contributed by atoms with Gasteiger partial charge in [-0.3, -0.25) is 9.59 Å². The number of carbonyl (C=O) groups is 2. The average molecular weight is 1030 g/mol. The molecule has 12 nitrogen and oxygen atoms in total. The summed E-state index contributed by atoms with van der Waals surface area (Å²) < 4.78 is 23.0. The van der Waals surface area contributed by atoms with Crippen LogP contribution < -0.4 is 28.7 Å². The van der Waals surface area contributed by atoms with Gasteiger partial charge in [-0.1, -0.05) is 76.6 Å². The van der Waals surface area contributed by atoms with Crippen LogP contribution in [-0.4, -0.2) is 59.4 Å². The van der Waals surface area contributed by atoms with E-state index in [0.717, 1.165) is 83.9 Å². The van der Waals surface area contributed by atoms with Gasteiger partial charge in [0.2, 0.25) is 0 Å². The molecule has 15 heteroatoms. The van der Waals surface area contributed by atoms with Crippen molar-refractivity contribution in [3.05, 3.63) is 187 Å². The van der Waals surface area contributed by atoms with Gasteiger partial charge in [0.1, 0.15) is 36.2 Å². The molecule has 10 rings (SSSR count). The molecule has 0 saturated carbocycles. The molecule has 0 atom stereocenters. The van der Waals surface area contributed by atoms with Gasteiger partial charge in [-0.25, -0.2) is 0 Å². The van der Waals surface area contributed by atoms with E-state index in [1.54, 1.807) is 5.38 Å². The summed E-state index contributed by atoms with van der Waals surface area (Å²) in [4.78, 5) is 28.2. The first-order valence-corrected chi connectivity index (χ1v) is 24.3. The Bertz CT molecular complexity index is 2830. The van der Waals surface area contributed by atoms with Crippen molar-refractivity contribution in [2.75, 3.05) is 36.2 Å². The van der Waals surface area contributed by atoms with Crippen LogP contribution in [0.25, 0.3) is 10.4 Å². The van der Waals surface area contributed by atoms with Gasteiger partial charge >= 0.3 is 0 Å². The molecule has 0 amide bonds. The van der Waals surface area contributed by atoms with Gasteiger partial charge in [-0.15, -0.1) is 22.7 Å². The number of anilines is 6. The smallest absolute Gasteiger partial charge is 0.183 e. The molecule has 2 aromatic heterocycles. The fourth-order valence-electron chi connectivity index (χ4n) is 7.45. The van der Waals surface area contributed by atoms with Crippen LogP contribution in [0.1, 0.15) is 41.6 Å². The first kappa shape index (κ1) is 48.6. The van der Waals surface area contributed by atoms with E-state index in [9.17, 15) is 30.0 Å². The van der Waals surface area contributed by atoms with Crippen LogP contribution in [0.4, 0.5) is 34.1 Å². The van der Waals surface area contributed by atoms with Crippen LogP contribution in [0.15, 0.2) is 155 Å². The number of ether oxygens (including phenoxy) is 4. The molecule has 0 fully saturated rings. The lowest BCUT2D eigenvalue weighted by Gasteiger charge is -2.26. The third-order valence-corrected chi connectivity index (χ3v) is 13.5. The highest BCUT2D eigenvalue weighted by molar-refractivity contribution is 9.10. The van der Waals surface area contributed by atoms with Crippen molar-refractivity contribution >= 4 is 85.3 Å². The number of thiophene rings is 2. The fourth-order valence-corrected chi connectivity index (χ4v) is 9.46. The molecular weight excluding hydrogens is 981 g/mol. The van der Waals surface area contributed by atoms with Crippen molar-refractivity contribution in [1.29, 1.82) is 0 Å². The Morgan fingerprint density at radius 2 is 0.797 bits per heavy atom. The third-order valence-electron chi connectivity index (χ3n) is 10.9. The van der Waals surface area contributed by atoms with Gasteiger partial charge in [0.05, 0.1) is 31.3 Å². The molecule has 0 bridgehead atoms. The molecule has 8 aromatic rings. The highest BCUT2D eigenvalue weighted by Crippen LogP contribution is 2.49. The van der Waals surface area contributed by atoms with Crippen LogP contribution in [0, 0.1) is 0 Å². The van der Waals surface area contributed by atoms with E-state index in [1.807, 2.05) is 146 Å². The first-order valence-electron chi connectivity index (χ1n) is 21.8. The van der Waals surface area contributed by atoms with Crippen LogP contribution >= 0.6 is 38.6 Å². The molecule has 0 spiro atoms. The van der Waals surface area contributed by atoms with Crippen molar-refractivity contribution in [2.24, 2.45) is 0 Å². The summed E-state index contributed by atoms with van der Waals surface area (Å²) >= 11 is 6.18. The zero-order valence-corrected chi connectivity index (χ0v) is 40.3. The Labute approximate surface area is 415 Å². The van der Waals surface area contributed by atoms with E-state index in [0.29, 0.717) is 59.2 Å². The molecule has 6 aromatic carbocycles. The highest BCUT2D eigenvalue weighted by atomic mass is 79.9. The summed E-state index contributed by atoms with van der Waals surface area (Å²) in [5.41, 5.74) is 10.2. The molecule has 2 aliphatic rings. The summed E-state index contributed by atoms with van der Waals surface area (Å²) in [5.74, 6) is 2.46. The Morgan fingerprint density at radius 1 is 0.449 bits per heavy atom. The number of carbonyl (C=O) groups excluding carboxylic acids is 2. The van der Waals surface area contributed by atoms with Gasteiger partial charge in [0.15, 0.2) is 35.6 Å².